The third kappa shape index (κ3) is 1.83. The van der Waals surface area contributed by atoms with Crippen LogP contribution >= 0.6 is 0 Å². The second kappa shape index (κ2) is 5.08. The van der Waals surface area contributed by atoms with Crippen molar-refractivity contribution in [3.05, 3.63) is 35.4 Å². The Kier molecular flexibility index (Phi) is 3.13. The molecular formula is C20H23NO4. The summed E-state index contributed by atoms with van der Waals surface area (Å²) in [5.41, 5.74) is 2.24. The minimum absolute atomic E-state index is 0.205. The maximum atomic E-state index is 11.8. The molecule has 4 aliphatic rings. The summed E-state index contributed by atoms with van der Waals surface area (Å²) < 4.78 is 11.8. The molecule has 1 N–H and O–H groups in total. The molecule has 0 saturated carbocycles. The number of ether oxygens (including phenoxy) is 2. The minimum atomic E-state index is -0.631. The summed E-state index contributed by atoms with van der Waals surface area (Å²) >= 11 is 0. The first-order valence-electron chi connectivity index (χ1n) is 9.16. The Morgan fingerprint density at radius 1 is 1.44 bits per heavy atom. The van der Waals surface area contributed by atoms with Crippen LogP contribution in [0.4, 0.5) is 0 Å². The third-order valence-electron chi connectivity index (χ3n) is 6.65. The highest BCUT2D eigenvalue weighted by molar-refractivity contribution is 5.74. The molecule has 2 aliphatic carbocycles. The fourth-order valence-corrected chi connectivity index (χ4v) is 5.50. The number of carbonyl (C=O) groups excluding carboxylic acids is 1. The van der Waals surface area contributed by atoms with Gasteiger partial charge in [0.05, 0.1) is 0 Å². The van der Waals surface area contributed by atoms with Gasteiger partial charge >= 0.3 is 5.97 Å². The van der Waals surface area contributed by atoms with Crippen molar-refractivity contribution in [2.24, 2.45) is 5.92 Å². The lowest BCUT2D eigenvalue weighted by Crippen LogP contribution is -2.64. The Morgan fingerprint density at radius 3 is 3.08 bits per heavy atom. The molecule has 132 valence electrons. The molecule has 5 nitrogen and oxygen atoms in total. The highest BCUT2D eigenvalue weighted by Crippen LogP contribution is 2.62. The van der Waals surface area contributed by atoms with Crippen LogP contribution in [0.25, 0.3) is 0 Å². The average Bonchev–Trinajstić information content (AvgIpc) is 2.96. The number of aliphatic hydroxyl groups excluding tert-OH is 1. The summed E-state index contributed by atoms with van der Waals surface area (Å²) in [5, 5.41) is 10.6. The first-order chi connectivity index (χ1) is 12.1. The molecule has 2 heterocycles. The van der Waals surface area contributed by atoms with Gasteiger partial charge in [0, 0.05) is 29.4 Å². The van der Waals surface area contributed by atoms with Gasteiger partial charge in [-0.15, -0.1) is 0 Å². The molecule has 0 radical (unpaired) electrons. The van der Waals surface area contributed by atoms with Crippen molar-refractivity contribution in [3.63, 3.8) is 0 Å². The number of carbonyl (C=O) groups is 1. The highest BCUT2D eigenvalue weighted by Gasteiger charge is 2.64. The van der Waals surface area contributed by atoms with E-state index in [1.807, 2.05) is 12.1 Å². The third-order valence-corrected chi connectivity index (χ3v) is 6.65. The SMILES string of the molecule is CCC(=O)Oc1ccc2c3c1O[C@H]1[C@@H](O)C=CC4[C@@H](C2)N(C)CC[C@@]341. The van der Waals surface area contributed by atoms with E-state index in [1.54, 1.807) is 6.92 Å². The average molecular weight is 341 g/mol. The molecule has 1 unspecified atom stereocenters. The fraction of sp³-hybridized carbons (Fsp3) is 0.550. The summed E-state index contributed by atoms with van der Waals surface area (Å²) in [6.07, 6.45) is 5.38. The van der Waals surface area contributed by atoms with E-state index in [9.17, 15) is 9.90 Å². The lowest BCUT2D eigenvalue weighted by atomic mass is 9.53. The summed E-state index contributed by atoms with van der Waals surface area (Å²) in [6, 6.07) is 4.36. The lowest BCUT2D eigenvalue weighted by Gasteiger charge is -2.56. The van der Waals surface area contributed by atoms with Gasteiger partial charge < -0.3 is 19.5 Å². The fourth-order valence-electron chi connectivity index (χ4n) is 5.50. The molecule has 5 heteroatoms. The van der Waals surface area contributed by atoms with Crippen LogP contribution in [-0.4, -0.2) is 47.8 Å². The number of likely N-dealkylation sites (N-methyl/N-ethyl adjacent to an activating group) is 1. The smallest absolute Gasteiger partial charge is 0.311 e. The topological polar surface area (TPSA) is 59.0 Å². The maximum absolute atomic E-state index is 11.8. The first-order valence-corrected chi connectivity index (χ1v) is 9.16. The second-order valence-corrected chi connectivity index (χ2v) is 7.74. The van der Waals surface area contributed by atoms with Crippen LogP contribution in [0.5, 0.6) is 11.5 Å². The zero-order chi connectivity index (χ0) is 17.3. The van der Waals surface area contributed by atoms with Crippen LogP contribution in [0.3, 0.4) is 0 Å². The van der Waals surface area contributed by atoms with Crippen molar-refractivity contribution in [1.29, 1.82) is 0 Å². The van der Waals surface area contributed by atoms with Crippen LogP contribution in [-0.2, 0) is 16.6 Å². The van der Waals surface area contributed by atoms with E-state index in [-0.39, 0.29) is 17.5 Å². The molecule has 1 fully saturated rings. The predicted octanol–water partition coefficient (Wildman–Crippen LogP) is 1.81. The molecule has 0 amide bonds. The van der Waals surface area contributed by atoms with Crippen molar-refractivity contribution in [2.45, 2.75) is 49.9 Å². The van der Waals surface area contributed by atoms with E-state index in [1.165, 1.54) is 11.1 Å². The van der Waals surface area contributed by atoms with Gasteiger partial charge in [-0.2, -0.15) is 0 Å². The quantitative estimate of drug-likeness (QED) is 0.505. The zero-order valence-corrected chi connectivity index (χ0v) is 14.6. The van der Waals surface area contributed by atoms with E-state index < -0.39 is 6.10 Å². The van der Waals surface area contributed by atoms with Gasteiger partial charge in [-0.1, -0.05) is 25.1 Å². The van der Waals surface area contributed by atoms with Crippen LogP contribution < -0.4 is 9.47 Å². The summed E-state index contributed by atoms with van der Waals surface area (Å²) in [4.78, 5) is 14.3. The van der Waals surface area contributed by atoms with Crippen molar-refractivity contribution < 1.29 is 19.4 Å². The van der Waals surface area contributed by atoms with Gasteiger partial charge in [0.2, 0.25) is 0 Å². The van der Waals surface area contributed by atoms with Gasteiger partial charge in [0.1, 0.15) is 12.2 Å². The van der Waals surface area contributed by atoms with Gasteiger partial charge in [-0.05, 0) is 38.1 Å². The molecule has 1 spiro atoms. The van der Waals surface area contributed by atoms with Gasteiger partial charge in [-0.25, -0.2) is 0 Å². The second-order valence-electron chi connectivity index (χ2n) is 7.74. The number of benzene rings is 1. The number of rotatable bonds is 2. The van der Waals surface area contributed by atoms with Crippen LogP contribution in [0.2, 0.25) is 0 Å². The van der Waals surface area contributed by atoms with Gasteiger partial charge in [-0.3, -0.25) is 4.79 Å². The number of hydrogen-bond acceptors (Lipinski definition) is 5. The normalized spacial score (nSPS) is 37.4. The van der Waals surface area contributed by atoms with Crippen molar-refractivity contribution in [2.75, 3.05) is 13.6 Å². The molecule has 25 heavy (non-hydrogen) atoms. The molecule has 1 aromatic rings. The standard InChI is InChI=1S/C20H23NO4/c1-3-16(23)24-15-7-4-11-10-13-12-5-6-14(22)19-20(12,8-9-21(13)2)17(11)18(15)25-19/h4-7,12-14,19,22H,3,8-10H2,1-2H3/t12?,13-,14+,19+,20+/m1/s1. The number of likely N-dealkylation sites (tertiary alicyclic amines) is 1. The van der Waals surface area contributed by atoms with Crippen molar-refractivity contribution in [3.8, 4) is 11.5 Å². The molecule has 5 rings (SSSR count). The van der Waals surface area contributed by atoms with Crippen LogP contribution in [0, 0.1) is 5.92 Å². The van der Waals surface area contributed by atoms with Crippen molar-refractivity contribution in [1.82, 2.24) is 4.90 Å². The number of piperidine rings is 1. The Hall–Kier alpha value is -1.85. The van der Waals surface area contributed by atoms with Gasteiger partial charge in [0.25, 0.3) is 0 Å². The van der Waals surface area contributed by atoms with E-state index in [0.29, 0.717) is 29.9 Å². The zero-order valence-electron chi connectivity index (χ0n) is 14.6. The van der Waals surface area contributed by atoms with E-state index in [0.717, 1.165) is 19.4 Å². The molecular weight excluding hydrogens is 318 g/mol. The molecule has 1 aromatic carbocycles. The first kappa shape index (κ1) is 15.4. The number of hydrogen-bond donors (Lipinski definition) is 1. The van der Waals surface area contributed by atoms with E-state index in [4.69, 9.17) is 9.47 Å². The maximum Gasteiger partial charge on any atom is 0.311 e. The Labute approximate surface area is 147 Å². The predicted molar refractivity (Wildman–Crippen MR) is 91.8 cm³/mol. The van der Waals surface area contributed by atoms with E-state index >= 15 is 0 Å². The number of nitrogens with zero attached hydrogens (tertiary/aromatic N) is 1. The summed E-state index contributed by atoms with van der Waals surface area (Å²) in [6.45, 7) is 2.77. The van der Waals surface area contributed by atoms with E-state index in [2.05, 4.69) is 24.1 Å². The number of esters is 1. The minimum Gasteiger partial charge on any atom is -0.482 e. The Bertz CT molecular complexity index is 788. The summed E-state index contributed by atoms with van der Waals surface area (Å²) in [5.74, 6) is 1.24. The van der Waals surface area contributed by atoms with Crippen LogP contribution in [0.15, 0.2) is 24.3 Å². The summed E-state index contributed by atoms with van der Waals surface area (Å²) in [7, 11) is 2.19. The highest BCUT2D eigenvalue weighted by atomic mass is 16.6. The Balaban J connectivity index is 1.72. The molecule has 2 bridgehead atoms. The molecule has 2 aliphatic heterocycles. The largest absolute Gasteiger partial charge is 0.482 e. The number of aliphatic hydroxyl groups is 1. The molecule has 0 aromatic heterocycles. The van der Waals surface area contributed by atoms with Gasteiger partial charge in [0.15, 0.2) is 11.5 Å². The van der Waals surface area contributed by atoms with Crippen LogP contribution in [0.1, 0.15) is 30.9 Å². The lowest BCUT2D eigenvalue weighted by molar-refractivity contribution is -0.134. The van der Waals surface area contributed by atoms with Crippen molar-refractivity contribution >= 4 is 5.97 Å². The molecule has 1 saturated heterocycles. The Morgan fingerprint density at radius 2 is 2.28 bits per heavy atom. The monoisotopic (exact) mass is 341 g/mol. The molecule has 5 atom stereocenters.